The Morgan fingerprint density at radius 1 is 1.29 bits per heavy atom. The molecular formula is C7H7F5O2. The van der Waals surface area contributed by atoms with Gasteiger partial charge in [-0.2, -0.15) is 22.0 Å². The predicted octanol–water partition coefficient (Wildman–Crippen LogP) is 2.30. The molecule has 0 unspecified atom stereocenters. The van der Waals surface area contributed by atoms with Crippen LogP contribution < -0.4 is 0 Å². The smallest absolute Gasteiger partial charge is 0.461 e. The van der Waals surface area contributed by atoms with Crippen molar-refractivity contribution < 1.29 is 31.5 Å². The molecule has 0 aliphatic rings. The van der Waals surface area contributed by atoms with Gasteiger partial charge in [-0.25, -0.2) is 0 Å². The number of alkyl halides is 5. The highest BCUT2D eigenvalue weighted by atomic mass is 19.4. The van der Waals surface area contributed by atoms with Gasteiger partial charge in [0.05, 0.1) is 12.9 Å². The molecule has 0 fully saturated rings. The molecular weight excluding hydrogens is 211 g/mol. The van der Waals surface area contributed by atoms with Crippen LogP contribution in [0.1, 0.15) is 6.92 Å². The predicted molar refractivity (Wildman–Crippen MR) is 36.8 cm³/mol. The van der Waals surface area contributed by atoms with Crippen molar-refractivity contribution in [3.63, 3.8) is 0 Å². The lowest BCUT2D eigenvalue weighted by Crippen LogP contribution is -2.43. The highest BCUT2D eigenvalue weighted by Gasteiger charge is 2.62. The summed E-state index contributed by atoms with van der Waals surface area (Å²) in [7, 11) is 0. The lowest BCUT2D eigenvalue weighted by atomic mass is 10.2. The molecule has 0 spiro atoms. The number of carbonyl (C=O) groups excluding carboxylic acids is 1. The van der Waals surface area contributed by atoms with E-state index in [2.05, 4.69) is 4.74 Å². The van der Waals surface area contributed by atoms with E-state index in [-0.39, 0.29) is 12.7 Å². The molecule has 0 aliphatic carbocycles. The molecule has 0 amide bonds. The van der Waals surface area contributed by atoms with Gasteiger partial charge in [-0.3, -0.25) is 4.79 Å². The van der Waals surface area contributed by atoms with E-state index in [1.165, 1.54) is 6.92 Å². The van der Waals surface area contributed by atoms with Gasteiger partial charge < -0.3 is 4.74 Å². The number of halogens is 5. The average molecular weight is 218 g/mol. The zero-order valence-electron chi connectivity index (χ0n) is 7.07. The Balaban J connectivity index is 4.52. The highest BCUT2D eigenvalue weighted by molar-refractivity contribution is 5.96. The van der Waals surface area contributed by atoms with Gasteiger partial charge in [0, 0.05) is 6.08 Å². The molecule has 0 N–H and O–H groups in total. The Labute approximate surface area is 76.3 Å². The maximum absolute atomic E-state index is 12.2. The van der Waals surface area contributed by atoms with E-state index in [9.17, 15) is 26.7 Å². The standard InChI is InChI=1S/C7H7F5O2/c1-2-14-4-3-5(13)6(8,9)7(10,11)12/h3-4H,2H2,1H3. The van der Waals surface area contributed by atoms with Crippen LogP contribution in [0.3, 0.4) is 0 Å². The Bertz CT molecular complexity index is 231. The van der Waals surface area contributed by atoms with E-state index in [4.69, 9.17) is 0 Å². The van der Waals surface area contributed by atoms with Crippen LogP contribution in [-0.4, -0.2) is 24.5 Å². The van der Waals surface area contributed by atoms with Crippen LogP contribution in [0.2, 0.25) is 0 Å². The first kappa shape index (κ1) is 12.9. The Hall–Kier alpha value is -1.14. The quantitative estimate of drug-likeness (QED) is 0.411. The van der Waals surface area contributed by atoms with Gasteiger partial charge in [0.15, 0.2) is 0 Å². The molecule has 0 rings (SSSR count). The molecule has 0 aromatic carbocycles. The molecule has 0 atom stereocenters. The normalized spacial score (nSPS) is 13.3. The molecule has 0 radical (unpaired) electrons. The second-order valence-corrected chi connectivity index (χ2v) is 2.19. The summed E-state index contributed by atoms with van der Waals surface area (Å²) in [6, 6.07) is 0. The minimum atomic E-state index is -5.87. The van der Waals surface area contributed by atoms with Gasteiger partial charge in [0.1, 0.15) is 0 Å². The molecule has 0 saturated carbocycles. The van der Waals surface area contributed by atoms with E-state index in [0.29, 0.717) is 6.26 Å². The maximum Gasteiger partial charge on any atom is 0.461 e. The van der Waals surface area contributed by atoms with Crippen LogP contribution in [0.5, 0.6) is 0 Å². The van der Waals surface area contributed by atoms with Crippen LogP contribution in [0.15, 0.2) is 12.3 Å². The summed E-state index contributed by atoms with van der Waals surface area (Å²) in [5.41, 5.74) is 0. The van der Waals surface area contributed by atoms with Crippen molar-refractivity contribution in [1.82, 2.24) is 0 Å². The highest BCUT2D eigenvalue weighted by Crippen LogP contribution is 2.36. The van der Waals surface area contributed by atoms with Gasteiger partial charge in [0.25, 0.3) is 0 Å². The number of carbonyl (C=O) groups is 1. The Kier molecular flexibility index (Phi) is 4.03. The van der Waals surface area contributed by atoms with Crippen molar-refractivity contribution in [2.45, 2.75) is 19.0 Å². The first-order valence-electron chi connectivity index (χ1n) is 3.50. The van der Waals surface area contributed by atoms with Crippen LogP contribution in [-0.2, 0) is 9.53 Å². The number of ether oxygens (including phenoxy) is 1. The van der Waals surface area contributed by atoms with E-state index < -0.39 is 17.9 Å². The van der Waals surface area contributed by atoms with Crippen molar-refractivity contribution in [1.29, 1.82) is 0 Å². The SMILES string of the molecule is CCOC=CC(=O)C(F)(F)C(F)(F)F. The van der Waals surface area contributed by atoms with Crippen molar-refractivity contribution in [3.8, 4) is 0 Å². The molecule has 0 heterocycles. The van der Waals surface area contributed by atoms with Gasteiger partial charge in [-0.05, 0) is 6.92 Å². The molecule has 0 saturated heterocycles. The molecule has 7 heteroatoms. The molecule has 0 aliphatic heterocycles. The lowest BCUT2D eigenvalue weighted by molar-refractivity contribution is -0.266. The molecule has 82 valence electrons. The molecule has 2 nitrogen and oxygen atoms in total. The van der Waals surface area contributed by atoms with Crippen LogP contribution >= 0.6 is 0 Å². The molecule has 0 aromatic rings. The van der Waals surface area contributed by atoms with Crippen molar-refractivity contribution in [2.24, 2.45) is 0 Å². The zero-order valence-corrected chi connectivity index (χ0v) is 7.07. The summed E-state index contributed by atoms with van der Waals surface area (Å²) >= 11 is 0. The largest absolute Gasteiger partial charge is 0.501 e. The number of ketones is 1. The van der Waals surface area contributed by atoms with Crippen molar-refractivity contribution >= 4 is 5.78 Å². The minimum Gasteiger partial charge on any atom is -0.501 e. The van der Waals surface area contributed by atoms with Gasteiger partial charge >= 0.3 is 12.1 Å². The summed E-state index contributed by atoms with van der Waals surface area (Å²) < 4.78 is 63.3. The van der Waals surface area contributed by atoms with E-state index >= 15 is 0 Å². The summed E-state index contributed by atoms with van der Waals surface area (Å²) in [6.45, 7) is 1.55. The van der Waals surface area contributed by atoms with Crippen molar-refractivity contribution in [3.05, 3.63) is 12.3 Å². The second-order valence-electron chi connectivity index (χ2n) is 2.19. The van der Waals surface area contributed by atoms with Crippen LogP contribution in [0.25, 0.3) is 0 Å². The van der Waals surface area contributed by atoms with Gasteiger partial charge in [-0.1, -0.05) is 0 Å². The monoisotopic (exact) mass is 218 g/mol. The first-order chi connectivity index (χ1) is 6.23. The van der Waals surface area contributed by atoms with Crippen LogP contribution in [0.4, 0.5) is 22.0 Å². The number of hydrogen-bond acceptors (Lipinski definition) is 2. The summed E-state index contributed by atoms with van der Waals surface area (Å²) in [5.74, 6) is -7.71. The second kappa shape index (κ2) is 4.39. The third-order valence-electron chi connectivity index (χ3n) is 1.15. The van der Waals surface area contributed by atoms with E-state index in [1.807, 2.05) is 0 Å². The van der Waals surface area contributed by atoms with Gasteiger partial charge in [0.2, 0.25) is 5.78 Å². The topological polar surface area (TPSA) is 26.3 Å². The lowest BCUT2D eigenvalue weighted by Gasteiger charge is -2.15. The average Bonchev–Trinajstić information content (AvgIpc) is 2.02. The Morgan fingerprint density at radius 3 is 2.14 bits per heavy atom. The molecule has 14 heavy (non-hydrogen) atoms. The number of allylic oxidation sites excluding steroid dienone is 1. The fraction of sp³-hybridized carbons (Fsp3) is 0.571. The number of hydrogen-bond donors (Lipinski definition) is 0. The fourth-order valence-corrected chi connectivity index (χ4v) is 0.450. The minimum absolute atomic E-state index is 0.0526. The third kappa shape index (κ3) is 2.97. The maximum atomic E-state index is 12.2. The molecule has 0 aromatic heterocycles. The third-order valence-corrected chi connectivity index (χ3v) is 1.15. The summed E-state index contributed by atoms with van der Waals surface area (Å²) in [4.78, 5) is 10.3. The summed E-state index contributed by atoms with van der Waals surface area (Å²) in [5, 5.41) is 0. The van der Waals surface area contributed by atoms with E-state index in [1.54, 1.807) is 0 Å². The zero-order chi connectivity index (χ0) is 11.4. The fourth-order valence-electron chi connectivity index (χ4n) is 0.450. The van der Waals surface area contributed by atoms with Gasteiger partial charge in [-0.15, -0.1) is 0 Å². The number of rotatable bonds is 4. The molecule has 0 bridgehead atoms. The first-order valence-corrected chi connectivity index (χ1v) is 3.50. The Morgan fingerprint density at radius 2 is 1.79 bits per heavy atom. The van der Waals surface area contributed by atoms with E-state index in [0.717, 1.165) is 0 Å². The van der Waals surface area contributed by atoms with Crippen LogP contribution in [0, 0.1) is 0 Å². The van der Waals surface area contributed by atoms with Crippen molar-refractivity contribution in [2.75, 3.05) is 6.61 Å². The summed E-state index contributed by atoms with van der Waals surface area (Å²) in [6.07, 6.45) is -5.32.